The molecule has 3 rings (SSSR count). The van der Waals surface area contributed by atoms with Crippen LogP contribution in [0.15, 0.2) is 48.7 Å². The Kier molecular flexibility index (Phi) is 5.05. The standard InChI is InChI=1S/C19H17ClN2O3/c1-3-25-19(23)16-11-21-17-8-7-12(20)9-15(17)18(16)22-13-5-4-6-14(10-13)24-2/h4-11H,3H2,1-2H3,(H,21,22). The van der Waals surface area contributed by atoms with E-state index < -0.39 is 5.97 Å². The lowest BCUT2D eigenvalue weighted by atomic mass is 10.1. The summed E-state index contributed by atoms with van der Waals surface area (Å²) < 4.78 is 10.4. The first-order valence-electron chi connectivity index (χ1n) is 7.79. The monoisotopic (exact) mass is 356 g/mol. The third-order valence-electron chi connectivity index (χ3n) is 3.66. The minimum Gasteiger partial charge on any atom is -0.497 e. The van der Waals surface area contributed by atoms with Crippen LogP contribution in [-0.2, 0) is 4.74 Å². The van der Waals surface area contributed by atoms with Crippen molar-refractivity contribution in [1.29, 1.82) is 0 Å². The molecular weight excluding hydrogens is 340 g/mol. The zero-order chi connectivity index (χ0) is 17.8. The number of fused-ring (bicyclic) bond motifs is 1. The Morgan fingerprint density at radius 2 is 2.08 bits per heavy atom. The number of hydrogen-bond donors (Lipinski definition) is 1. The van der Waals surface area contributed by atoms with Gasteiger partial charge in [0.05, 0.1) is 24.9 Å². The van der Waals surface area contributed by atoms with Gasteiger partial charge in [-0.2, -0.15) is 0 Å². The first-order chi connectivity index (χ1) is 12.1. The summed E-state index contributed by atoms with van der Waals surface area (Å²) in [7, 11) is 1.60. The number of nitrogens with zero attached hydrogens (tertiary/aromatic N) is 1. The Balaban J connectivity index is 2.15. The summed E-state index contributed by atoms with van der Waals surface area (Å²) in [5, 5.41) is 4.57. The zero-order valence-corrected chi connectivity index (χ0v) is 14.6. The minimum atomic E-state index is -0.442. The highest BCUT2D eigenvalue weighted by molar-refractivity contribution is 6.31. The van der Waals surface area contributed by atoms with E-state index in [0.29, 0.717) is 22.0 Å². The molecule has 0 unspecified atom stereocenters. The van der Waals surface area contributed by atoms with Gasteiger partial charge in [-0.25, -0.2) is 4.79 Å². The SMILES string of the molecule is CCOC(=O)c1cnc2ccc(Cl)cc2c1Nc1cccc(OC)c1. The van der Waals surface area contributed by atoms with Gasteiger partial charge >= 0.3 is 5.97 Å². The van der Waals surface area contributed by atoms with Gasteiger partial charge in [-0.05, 0) is 37.3 Å². The highest BCUT2D eigenvalue weighted by Gasteiger charge is 2.17. The Labute approximate surface area is 150 Å². The van der Waals surface area contributed by atoms with Gasteiger partial charge < -0.3 is 14.8 Å². The lowest BCUT2D eigenvalue weighted by Crippen LogP contribution is -2.09. The summed E-state index contributed by atoms with van der Waals surface area (Å²) in [5.74, 6) is 0.265. The number of rotatable bonds is 5. The number of hydrogen-bond acceptors (Lipinski definition) is 5. The van der Waals surface area contributed by atoms with E-state index in [1.54, 1.807) is 26.2 Å². The number of anilines is 2. The molecule has 0 radical (unpaired) electrons. The molecule has 0 aliphatic heterocycles. The molecule has 0 atom stereocenters. The first kappa shape index (κ1) is 17.0. The van der Waals surface area contributed by atoms with Crippen LogP contribution in [0, 0.1) is 0 Å². The molecule has 0 saturated carbocycles. The van der Waals surface area contributed by atoms with Crippen LogP contribution in [0.4, 0.5) is 11.4 Å². The number of nitrogens with one attached hydrogen (secondary N) is 1. The topological polar surface area (TPSA) is 60.5 Å². The van der Waals surface area contributed by atoms with Crippen molar-refractivity contribution in [2.45, 2.75) is 6.92 Å². The number of esters is 1. The Bertz CT molecular complexity index is 928. The normalized spacial score (nSPS) is 10.5. The smallest absolute Gasteiger partial charge is 0.341 e. The molecule has 1 aromatic heterocycles. The molecular formula is C19H17ClN2O3. The predicted octanol–water partition coefficient (Wildman–Crippen LogP) is 4.82. The summed E-state index contributed by atoms with van der Waals surface area (Å²) in [6.07, 6.45) is 1.51. The van der Waals surface area contributed by atoms with Crippen LogP contribution in [-0.4, -0.2) is 24.7 Å². The third-order valence-corrected chi connectivity index (χ3v) is 3.90. The second-order valence-electron chi connectivity index (χ2n) is 5.29. The summed E-state index contributed by atoms with van der Waals surface area (Å²) in [6, 6.07) is 12.8. The molecule has 6 heteroatoms. The first-order valence-corrected chi connectivity index (χ1v) is 8.16. The maximum Gasteiger partial charge on any atom is 0.341 e. The summed E-state index contributed by atoms with van der Waals surface area (Å²) in [6.45, 7) is 2.05. The predicted molar refractivity (Wildman–Crippen MR) is 99.0 cm³/mol. The fourth-order valence-electron chi connectivity index (χ4n) is 2.51. The molecule has 0 fully saturated rings. The molecule has 128 valence electrons. The van der Waals surface area contributed by atoms with Gasteiger partial charge in [0.25, 0.3) is 0 Å². The summed E-state index contributed by atoms with van der Waals surface area (Å²) in [4.78, 5) is 16.7. The quantitative estimate of drug-likeness (QED) is 0.664. The fourth-order valence-corrected chi connectivity index (χ4v) is 2.68. The van der Waals surface area contributed by atoms with E-state index in [0.717, 1.165) is 16.6 Å². The van der Waals surface area contributed by atoms with Crippen molar-refractivity contribution in [3.05, 3.63) is 59.2 Å². The van der Waals surface area contributed by atoms with E-state index >= 15 is 0 Å². The summed E-state index contributed by atoms with van der Waals surface area (Å²) >= 11 is 6.14. The van der Waals surface area contributed by atoms with Crippen molar-refractivity contribution in [1.82, 2.24) is 4.98 Å². The van der Waals surface area contributed by atoms with E-state index in [4.69, 9.17) is 21.1 Å². The third kappa shape index (κ3) is 3.67. The number of ether oxygens (including phenoxy) is 2. The molecule has 1 heterocycles. The highest BCUT2D eigenvalue weighted by atomic mass is 35.5. The molecule has 1 N–H and O–H groups in total. The van der Waals surface area contributed by atoms with Crippen molar-refractivity contribution in [3.63, 3.8) is 0 Å². The number of pyridine rings is 1. The van der Waals surface area contributed by atoms with Gasteiger partial charge in [0.2, 0.25) is 0 Å². The van der Waals surface area contributed by atoms with E-state index in [1.165, 1.54) is 6.20 Å². The van der Waals surface area contributed by atoms with Gasteiger partial charge in [0, 0.05) is 28.4 Å². The minimum absolute atomic E-state index is 0.283. The average Bonchev–Trinajstić information content (AvgIpc) is 2.62. The zero-order valence-electron chi connectivity index (χ0n) is 13.9. The summed E-state index contributed by atoms with van der Waals surface area (Å²) in [5.41, 5.74) is 2.44. The van der Waals surface area contributed by atoms with Gasteiger partial charge in [0.1, 0.15) is 11.3 Å². The molecule has 0 bridgehead atoms. The Hall–Kier alpha value is -2.79. The molecule has 25 heavy (non-hydrogen) atoms. The second-order valence-corrected chi connectivity index (χ2v) is 5.72. The van der Waals surface area contributed by atoms with E-state index in [-0.39, 0.29) is 6.61 Å². The highest BCUT2D eigenvalue weighted by Crippen LogP contribution is 2.32. The van der Waals surface area contributed by atoms with Crippen LogP contribution in [0.1, 0.15) is 17.3 Å². The van der Waals surface area contributed by atoms with Gasteiger partial charge in [0.15, 0.2) is 0 Å². The molecule has 3 aromatic rings. The average molecular weight is 357 g/mol. The molecule has 0 saturated heterocycles. The number of carbonyl (C=O) groups excluding carboxylic acids is 1. The Morgan fingerprint density at radius 3 is 2.84 bits per heavy atom. The van der Waals surface area contributed by atoms with Gasteiger partial charge in [-0.1, -0.05) is 17.7 Å². The van der Waals surface area contributed by atoms with E-state index in [1.807, 2.05) is 30.3 Å². The van der Waals surface area contributed by atoms with Crippen LogP contribution >= 0.6 is 11.6 Å². The maximum absolute atomic E-state index is 12.3. The lowest BCUT2D eigenvalue weighted by Gasteiger charge is -2.15. The molecule has 0 amide bonds. The molecule has 0 aliphatic carbocycles. The van der Waals surface area contributed by atoms with Crippen molar-refractivity contribution in [2.75, 3.05) is 19.0 Å². The van der Waals surface area contributed by atoms with Gasteiger partial charge in [-0.3, -0.25) is 4.98 Å². The van der Waals surface area contributed by atoms with Crippen LogP contribution in [0.5, 0.6) is 5.75 Å². The van der Waals surface area contributed by atoms with Crippen LogP contribution in [0.2, 0.25) is 5.02 Å². The number of aromatic nitrogens is 1. The van der Waals surface area contributed by atoms with Crippen LogP contribution < -0.4 is 10.1 Å². The number of methoxy groups -OCH3 is 1. The number of carbonyl (C=O) groups is 1. The van der Waals surface area contributed by atoms with Crippen molar-refractivity contribution >= 4 is 39.8 Å². The largest absolute Gasteiger partial charge is 0.497 e. The van der Waals surface area contributed by atoms with Crippen LogP contribution in [0.3, 0.4) is 0 Å². The second kappa shape index (κ2) is 7.40. The van der Waals surface area contributed by atoms with Crippen molar-refractivity contribution < 1.29 is 14.3 Å². The van der Waals surface area contributed by atoms with Crippen molar-refractivity contribution in [3.8, 4) is 5.75 Å². The van der Waals surface area contributed by atoms with Gasteiger partial charge in [-0.15, -0.1) is 0 Å². The van der Waals surface area contributed by atoms with E-state index in [2.05, 4.69) is 10.3 Å². The Morgan fingerprint density at radius 1 is 1.24 bits per heavy atom. The lowest BCUT2D eigenvalue weighted by molar-refractivity contribution is 0.0527. The molecule has 2 aromatic carbocycles. The van der Waals surface area contributed by atoms with Crippen LogP contribution in [0.25, 0.3) is 10.9 Å². The molecule has 0 spiro atoms. The number of benzene rings is 2. The van der Waals surface area contributed by atoms with Crippen molar-refractivity contribution in [2.24, 2.45) is 0 Å². The van der Waals surface area contributed by atoms with E-state index in [9.17, 15) is 4.79 Å². The maximum atomic E-state index is 12.3. The molecule has 5 nitrogen and oxygen atoms in total. The number of halogens is 1. The fraction of sp³-hybridized carbons (Fsp3) is 0.158. The molecule has 0 aliphatic rings.